The van der Waals surface area contributed by atoms with E-state index in [1.54, 1.807) is 20.8 Å². The van der Waals surface area contributed by atoms with Gasteiger partial charge in [-0.25, -0.2) is 9.59 Å². The summed E-state index contributed by atoms with van der Waals surface area (Å²) in [5.41, 5.74) is 0.338. The minimum absolute atomic E-state index is 0.120. The summed E-state index contributed by atoms with van der Waals surface area (Å²) in [4.78, 5) is 31.6. The van der Waals surface area contributed by atoms with Crippen molar-refractivity contribution in [3.63, 3.8) is 0 Å². The lowest BCUT2D eigenvalue weighted by Gasteiger charge is -2.25. The first kappa shape index (κ1) is 19.3. The van der Waals surface area contributed by atoms with Gasteiger partial charge in [0, 0.05) is 11.3 Å². The van der Waals surface area contributed by atoms with E-state index in [-0.39, 0.29) is 6.54 Å². The molecule has 0 radical (unpaired) electrons. The summed E-state index contributed by atoms with van der Waals surface area (Å²) >= 11 is 1.42. The standard InChI is InChI=1S/C21H23NO4S/c1-20(2,3)25-19(24)22-15-21(18(23)26-22,14-16-10-6-4-7-11-16)27-17-12-8-5-9-13-17/h4-13H,14-15H2,1-3H3/t21-/m0/s1. The van der Waals surface area contributed by atoms with Gasteiger partial charge in [-0.15, -0.1) is 16.8 Å². The summed E-state index contributed by atoms with van der Waals surface area (Å²) in [7, 11) is 0. The molecule has 0 N–H and O–H groups in total. The second kappa shape index (κ2) is 7.64. The van der Waals surface area contributed by atoms with Crippen molar-refractivity contribution in [2.24, 2.45) is 0 Å². The third-order valence-corrected chi connectivity index (χ3v) is 5.29. The summed E-state index contributed by atoms with van der Waals surface area (Å²) in [6, 6.07) is 19.4. The second-order valence-electron chi connectivity index (χ2n) is 7.47. The van der Waals surface area contributed by atoms with Crippen LogP contribution >= 0.6 is 11.8 Å². The number of carbonyl (C=O) groups is 2. The highest BCUT2D eigenvalue weighted by molar-refractivity contribution is 8.01. The number of thioether (sulfide) groups is 1. The molecule has 142 valence electrons. The first-order valence-corrected chi connectivity index (χ1v) is 9.60. The van der Waals surface area contributed by atoms with Crippen molar-refractivity contribution in [2.75, 3.05) is 6.54 Å². The highest BCUT2D eigenvalue weighted by atomic mass is 32.2. The quantitative estimate of drug-likeness (QED) is 0.777. The molecule has 6 heteroatoms. The summed E-state index contributed by atoms with van der Waals surface area (Å²) in [6.07, 6.45) is -0.203. The maximum absolute atomic E-state index is 12.9. The molecule has 0 saturated carbocycles. The van der Waals surface area contributed by atoms with Gasteiger partial charge in [0.2, 0.25) is 0 Å². The number of hydrogen-bond donors (Lipinski definition) is 0. The number of nitrogens with zero attached hydrogens (tertiary/aromatic N) is 1. The molecule has 2 aromatic carbocycles. The number of amides is 1. The Morgan fingerprint density at radius 1 is 1.11 bits per heavy atom. The summed E-state index contributed by atoms with van der Waals surface area (Å²) in [5.74, 6) is -0.439. The fourth-order valence-corrected chi connectivity index (χ4v) is 4.09. The van der Waals surface area contributed by atoms with Crippen LogP contribution < -0.4 is 0 Å². The highest BCUT2D eigenvalue weighted by Crippen LogP contribution is 2.41. The van der Waals surface area contributed by atoms with Crippen LogP contribution in [0.2, 0.25) is 0 Å². The van der Waals surface area contributed by atoms with Gasteiger partial charge >= 0.3 is 12.1 Å². The van der Waals surface area contributed by atoms with Gasteiger partial charge < -0.3 is 9.57 Å². The fraction of sp³-hybridized carbons (Fsp3) is 0.333. The lowest BCUT2D eigenvalue weighted by atomic mass is 9.99. The largest absolute Gasteiger partial charge is 0.443 e. The number of rotatable bonds is 4. The Morgan fingerprint density at radius 3 is 2.30 bits per heavy atom. The number of carbonyl (C=O) groups excluding carboxylic acids is 2. The molecule has 0 aromatic heterocycles. The van der Waals surface area contributed by atoms with Crippen LogP contribution in [0, 0.1) is 0 Å². The van der Waals surface area contributed by atoms with E-state index in [1.807, 2.05) is 60.7 Å². The van der Waals surface area contributed by atoms with Crippen molar-refractivity contribution < 1.29 is 19.2 Å². The van der Waals surface area contributed by atoms with Crippen LogP contribution in [0.15, 0.2) is 65.6 Å². The number of ether oxygens (including phenoxy) is 1. The van der Waals surface area contributed by atoms with Gasteiger partial charge in [-0.05, 0) is 38.5 Å². The average molecular weight is 385 g/mol. The Balaban J connectivity index is 1.87. The Hall–Kier alpha value is -2.47. The zero-order chi connectivity index (χ0) is 19.5. The van der Waals surface area contributed by atoms with E-state index >= 15 is 0 Å². The predicted octanol–water partition coefficient (Wildman–Crippen LogP) is 4.47. The molecule has 0 aliphatic carbocycles. The molecule has 0 unspecified atom stereocenters. The molecule has 1 saturated heterocycles. The Morgan fingerprint density at radius 2 is 1.70 bits per heavy atom. The Bertz CT molecular complexity index is 760. The zero-order valence-electron chi connectivity index (χ0n) is 15.7. The minimum atomic E-state index is -0.931. The minimum Gasteiger partial charge on any atom is -0.442 e. The number of hydrogen-bond acceptors (Lipinski definition) is 5. The molecule has 1 amide bonds. The van der Waals surface area contributed by atoms with Crippen molar-refractivity contribution in [3.8, 4) is 0 Å². The topological polar surface area (TPSA) is 55.8 Å². The molecule has 5 nitrogen and oxygen atoms in total. The van der Waals surface area contributed by atoms with E-state index in [0.29, 0.717) is 6.42 Å². The molecule has 1 atom stereocenters. The van der Waals surface area contributed by atoms with Crippen molar-refractivity contribution >= 4 is 23.8 Å². The van der Waals surface area contributed by atoms with Gasteiger partial charge in [0.05, 0.1) is 6.54 Å². The van der Waals surface area contributed by atoms with Gasteiger partial charge in [-0.2, -0.15) is 0 Å². The van der Waals surface area contributed by atoms with Crippen molar-refractivity contribution in [1.29, 1.82) is 0 Å². The first-order valence-electron chi connectivity index (χ1n) is 8.78. The van der Waals surface area contributed by atoms with Gasteiger partial charge in [0.1, 0.15) is 10.3 Å². The lowest BCUT2D eigenvalue weighted by molar-refractivity contribution is -0.166. The molecule has 2 aromatic rings. The van der Waals surface area contributed by atoms with E-state index in [1.165, 1.54) is 11.8 Å². The Labute approximate surface area is 163 Å². The molecule has 0 spiro atoms. The molecule has 1 fully saturated rings. The molecule has 1 aliphatic heterocycles. The van der Waals surface area contributed by atoms with E-state index in [4.69, 9.17) is 9.57 Å². The molecule has 3 rings (SSSR count). The normalized spacial score (nSPS) is 19.7. The summed E-state index contributed by atoms with van der Waals surface area (Å²) in [5, 5.41) is 1.03. The van der Waals surface area contributed by atoms with Crippen LogP contribution in [0.25, 0.3) is 0 Å². The maximum Gasteiger partial charge on any atom is 0.443 e. The van der Waals surface area contributed by atoms with E-state index < -0.39 is 22.4 Å². The molecular formula is C21H23NO4S. The van der Waals surface area contributed by atoms with Crippen LogP contribution in [0.4, 0.5) is 4.79 Å². The van der Waals surface area contributed by atoms with Gasteiger partial charge in [-0.1, -0.05) is 48.5 Å². The molecular weight excluding hydrogens is 362 g/mol. The molecule has 1 heterocycles. The van der Waals surface area contributed by atoms with Gasteiger partial charge in [0.15, 0.2) is 0 Å². The zero-order valence-corrected chi connectivity index (χ0v) is 16.5. The van der Waals surface area contributed by atoms with Crippen LogP contribution in [-0.2, 0) is 20.8 Å². The van der Waals surface area contributed by atoms with Gasteiger partial charge in [-0.3, -0.25) is 0 Å². The van der Waals surface area contributed by atoms with Crippen molar-refractivity contribution in [2.45, 2.75) is 42.4 Å². The number of hydroxylamine groups is 2. The molecule has 1 aliphatic rings. The Kier molecular flexibility index (Phi) is 5.46. The third kappa shape index (κ3) is 4.83. The fourth-order valence-electron chi connectivity index (χ4n) is 2.80. The highest BCUT2D eigenvalue weighted by Gasteiger charge is 2.52. The third-order valence-electron chi connectivity index (χ3n) is 3.95. The first-order chi connectivity index (χ1) is 12.8. The smallest absolute Gasteiger partial charge is 0.442 e. The molecule has 0 bridgehead atoms. The van der Waals surface area contributed by atoms with Crippen LogP contribution in [-0.4, -0.2) is 34.0 Å². The van der Waals surface area contributed by atoms with Crippen molar-refractivity contribution in [1.82, 2.24) is 5.06 Å². The van der Waals surface area contributed by atoms with Gasteiger partial charge in [0.25, 0.3) is 0 Å². The van der Waals surface area contributed by atoms with E-state index in [2.05, 4.69) is 0 Å². The summed E-state index contributed by atoms with van der Waals surface area (Å²) < 4.78 is 4.43. The monoisotopic (exact) mass is 385 g/mol. The second-order valence-corrected chi connectivity index (χ2v) is 8.92. The SMILES string of the molecule is CC(C)(C)OC(=O)N1C[C@](Cc2ccccc2)(Sc2ccccc2)C(=O)O1. The average Bonchev–Trinajstić information content (AvgIpc) is 2.92. The van der Waals surface area contributed by atoms with E-state index in [0.717, 1.165) is 15.5 Å². The maximum atomic E-state index is 12.9. The van der Waals surface area contributed by atoms with E-state index in [9.17, 15) is 9.59 Å². The number of benzene rings is 2. The van der Waals surface area contributed by atoms with Crippen molar-refractivity contribution in [3.05, 3.63) is 66.2 Å². The summed E-state index contributed by atoms with van der Waals surface area (Å²) in [6.45, 7) is 5.45. The lowest BCUT2D eigenvalue weighted by Crippen LogP contribution is -2.40. The predicted molar refractivity (Wildman–Crippen MR) is 104 cm³/mol. The van der Waals surface area contributed by atoms with Crippen LogP contribution in [0.3, 0.4) is 0 Å². The van der Waals surface area contributed by atoms with Crippen LogP contribution in [0.1, 0.15) is 26.3 Å². The van der Waals surface area contributed by atoms with Crippen LogP contribution in [0.5, 0.6) is 0 Å². The molecule has 27 heavy (non-hydrogen) atoms.